The maximum atomic E-state index is 14.6. The Morgan fingerprint density at radius 2 is 0.514 bits per heavy atom. The van der Waals surface area contributed by atoms with Gasteiger partial charge in [0, 0.05) is 25.2 Å². The molecule has 2 unspecified atom stereocenters. The summed E-state index contributed by atoms with van der Waals surface area (Å²) in [5, 5.41) is 0. The highest BCUT2D eigenvalue weighted by Gasteiger charge is 2.52. The van der Waals surface area contributed by atoms with Crippen LogP contribution in [0.4, 0.5) is 0 Å². The maximum Gasteiger partial charge on any atom is 0.154 e. The third-order valence-corrected chi connectivity index (χ3v) is 16.0. The Balaban J connectivity index is 5.61. The normalized spacial score (nSPS) is 13.1. The van der Waals surface area contributed by atoms with E-state index in [4.69, 9.17) is 0 Å². The van der Waals surface area contributed by atoms with Crippen molar-refractivity contribution in [1.29, 1.82) is 0 Å². The first-order valence-electron chi connectivity index (χ1n) is 32.8. The van der Waals surface area contributed by atoms with Crippen molar-refractivity contribution in [3.8, 4) is 0 Å². The topological polar surface area (TPSA) is 68.3 Å². The largest absolute Gasteiger partial charge is 0.302 e. The summed E-state index contributed by atoms with van der Waals surface area (Å²) in [6, 6.07) is 0. The molecule has 2 atom stereocenters. The molecule has 0 heterocycles. The third-order valence-electron chi connectivity index (χ3n) is 16.0. The summed E-state index contributed by atoms with van der Waals surface area (Å²) >= 11 is 0. The first-order valence-corrected chi connectivity index (χ1v) is 32.8. The minimum Gasteiger partial charge on any atom is -0.302 e. The Labute approximate surface area is 450 Å². The van der Waals surface area contributed by atoms with Crippen molar-refractivity contribution >= 4 is 23.6 Å². The van der Waals surface area contributed by atoms with Crippen molar-refractivity contribution in [3.05, 3.63) is 24.3 Å². The number of unbranched alkanes of at least 4 members (excludes halogenated alkanes) is 44. The van der Waals surface area contributed by atoms with Gasteiger partial charge in [0.2, 0.25) is 0 Å². The van der Waals surface area contributed by atoms with E-state index >= 15 is 0 Å². The van der Waals surface area contributed by atoms with Gasteiger partial charge in [-0.05, 0) is 77.0 Å². The maximum absolute atomic E-state index is 14.6. The first kappa shape index (κ1) is 70.2. The molecule has 0 aliphatic heterocycles. The van der Waals surface area contributed by atoms with Gasteiger partial charge in [0.25, 0.3) is 0 Å². The van der Waals surface area contributed by atoms with Crippen LogP contribution in [-0.4, -0.2) is 23.6 Å². The van der Waals surface area contributed by atoms with Crippen LogP contribution < -0.4 is 0 Å². The molecule has 0 rings (SSSR count). The molecule has 0 saturated carbocycles. The second-order valence-corrected chi connectivity index (χ2v) is 22.8. The Morgan fingerprint density at radius 3 is 0.778 bits per heavy atom. The molecule has 0 saturated heterocycles. The van der Waals surface area contributed by atoms with Crippen molar-refractivity contribution < 1.29 is 19.2 Å². The fourth-order valence-electron chi connectivity index (χ4n) is 11.0. The molecule has 0 aliphatic rings. The number of carbonyl (C=O) groups excluding carboxylic acids is 4. The van der Waals surface area contributed by atoms with Gasteiger partial charge in [0.15, 0.2) is 17.0 Å². The van der Waals surface area contributed by atoms with E-state index in [0.29, 0.717) is 32.0 Å². The lowest BCUT2D eigenvalue weighted by molar-refractivity contribution is -0.153. The summed E-state index contributed by atoms with van der Waals surface area (Å²) in [5.74, 6) is -1.36. The number of hydrogen-bond acceptors (Lipinski definition) is 4. The number of carbonyl (C=O) groups is 4. The van der Waals surface area contributed by atoms with Gasteiger partial charge in [-0.1, -0.05) is 302 Å². The number of aldehydes is 1. The Hall–Kier alpha value is -1.84. The lowest BCUT2D eigenvalue weighted by atomic mass is 9.64. The number of hydrogen-bond donors (Lipinski definition) is 0. The molecule has 4 nitrogen and oxygen atoms in total. The highest BCUT2D eigenvalue weighted by atomic mass is 16.2. The molecule has 0 N–H and O–H groups in total. The lowest BCUT2D eigenvalue weighted by Gasteiger charge is -2.33. The van der Waals surface area contributed by atoms with Crippen LogP contribution in [0.15, 0.2) is 24.3 Å². The van der Waals surface area contributed by atoms with Crippen molar-refractivity contribution in [2.75, 3.05) is 0 Å². The van der Waals surface area contributed by atoms with E-state index in [-0.39, 0.29) is 30.2 Å². The molecular weight excluding hydrogens is 881 g/mol. The highest BCUT2D eigenvalue weighted by molar-refractivity contribution is 6.21. The van der Waals surface area contributed by atoms with Crippen LogP contribution in [0.2, 0.25) is 0 Å². The molecule has 0 radical (unpaired) electrons. The van der Waals surface area contributed by atoms with Gasteiger partial charge < -0.3 is 4.79 Å². The van der Waals surface area contributed by atoms with E-state index in [1.165, 1.54) is 212 Å². The average Bonchev–Trinajstić information content (AvgIpc) is 3.38. The molecular formula is C68H126O4. The quantitative estimate of drug-likeness (QED) is 0.0263. The molecule has 72 heavy (non-hydrogen) atoms. The molecule has 4 heteroatoms. The molecule has 0 aromatic carbocycles. The van der Waals surface area contributed by atoms with Crippen molar-refractivity contribution in [2.45, 2.75) is 374 Å². The van der Waals surface area contributed by atoms with Crippen LogP contribution in [0.5, 0.6) is 0 Å². The fraction of sp³-hybridized carbons (Fsp3) is 0.882. The van der Waals surface area contributed by atoms with E-state index in [2.05, 4.69) is 52.0 Å². The molecule has 0 fully saturated rings. The summed E-state index contributed by atoms with van der Waals surface area (Å²) in [6.07, 6.45) is 71.2. The van der Waals surface area contributed by atoms with Crippen LogP contribution in [0.1, 0.15) is 374 Å². The van der Waals surface area contributed by atoms with E-state index in [9.17, 15) is 19.2 Å². The lowest BCUT2D eigenvalue weighted by Crippen LogP contribution is -2.50. The monoisotopic (exact) mass is 1010 g/mol. The fourth-order valence-corrected chi connectivity index (χ4v) is 11.0. The molecule has 0 spiro atoms. The molecule has 0 aromatic heterocycles. The zero-order valence-electron chi connectivity index (χ0n) is 49.3. The smallest absolute Gasteiger partial charge is 0.154 e. The zero-order chi connectivity index (χ0) is 52.5. The number of ketones is 3. The summed E-state index contributed by atoms with van der Waals surface area (Å²) in [5.41, 5.74) is -1.82. The van der Waals surface area contributed by atoms with Crippen LogP contribution in [0.3, 0.4) is 0 Å². The number of rotatable bonds is 61. The van der Waals surface area contributed by atoms with Gasteiger partial charge in [0.05, 0.1) is 0 Å². The molecule has 422 valence electrons. The van der Waals surface area contributed by atoms with Gasteiger partial charge in [-0.25, -0.2) is 0 Å². The van der Waals surface area contributed by atoms with Crippen molar-refractivity contribution in [3.63, 3.8) is 0 Å². The Morgan fingerprint density at radius 1 is 0.292 bits per heavy atom. The second-order valence-electron chi connectivity index (χ2n) is 22.8. The zero-order valence-corrected chi connectivity index (χ0v) is 49.3. The van der Waals surface area contributed by atoms with Crippen LogP contribution in [0.25, 0.3) is 0 Å². The highest BCUT2D eigenvalue weighted by Crippen LogP contribution is 2.38. The van der Waals surface area contributed by atoms with Crippen molar-refractivity contribution in [1.82, 2.24) is 0 Å². The SMILES string of the molecule is CCCCCCCCC=CCCCCCCCC(=O)C(CCCCCCCCCCCCC)C(C=O)(C(=O)CCCCCCC/C=C\CCCCCCCC)C(=O)CCCCCCCCCCCCCCC. The Bertz CT molecular complexity index is 1230. The van der Waals surface area contributed by atoms with E-state index in [1.807, 2.05) is 0 Å². The summed E-state index contributed by atoms with van der Waals surface area (Å²) in [7, 11) is 0. The van der Waals surface area contributed by atoms with Gasteiger partial charge >= 0.3 is 0 Å². The van der Waals surface area contributed by atoms with E-state index in [1.54, 1.807) is 0 Å². The molecule has 0 bridgehead atoms. The van der Waals surface area contributed by atoms with Crippen LogP contribution in [0, 0.1) is 11.3 Å². The van der Waals surface area contributed by atoms with E-state index in [0.717, 1.165) is 96.3 Å². The summed E-state index contributed by atoms with van der Waals surface area (Å²) in [4.78, 5) is 57.5. The van der Waals surface area contributed by atoms with Gasteiger partial charge in [-0.2, -0.15) is 0 Å². The third kappa shape index (κ3) is 42.4. The molecule has 0 aliphatic carbocycles. The van der Waals surface area contributed by atoms with Crippen molar-refractivity contribution in [2.24, 2.45) is 11.3 Å². The van der Waals surface area contributed by atoms with Gasteiger partial charge in [-0.15, -0.1) is 0 Å². The predicted octanol–water partition coefficient (Wildman–Crippen LogP) is 22.8. The number of allylic oxidation sites excluding steroid dienone is 4. The van der Waals surface area contributed by atoms with Gasteiger partial charge in [0.1, 0.15) is 12.1 Å². The Kier molecular flexibility index (Phi) is 55.4. The first-order chi connectivity index (χ1) is 35.5. The number of Topliss-reactive ketones (excluding diaryl/α,β-unsaturated/α-hetero) is 3. The van der Waals surface area contributed by atoms with Crippen LogP contribution >= 0.6 is 0 Å². The van der Waals surface area contributed by atoms with E-state index < -0.39 is 11.3 Å². The standard InChI is InChI=1S/C68H126O4/c1-5-9-13-17-21-25-29-32-34-37-40-44-48-52-56-60-65(70)64(59-55-51-47-43-39-28-24-20-16-12-8-4)68(63-69,66(71)61-57-53-49-45-41-36-31-27-23-19-15-11-7-3)67(72)62-58-54-50-46-42-38-35-33-30-26-22-18-14-10-6-2/h32-35,63-64H,5-31,36-62H2,1-4H3/b34-32?,35-33-. The van der Waals surface area contributed by atoms with Crippen LogP contribution in [-0.2, 0) is 19.2 Å². The second kappa shape index (κ2) is 56.9. The minimum absolute atomic E-state index is 0.0107. The summed E-state index contributed by atoms with van der Waals surface area (Å²) < 4.78 is 0. The summed E-state index contributed by atoms with van der Waals surface area (Å²) in [6.45, 7) is 9.08. The molecule has 0 amide bonds. The predicted molar refractivity (Wildman–Crippen MR) is 317 cm³/mol. The minimum atomic E-state index is -1.82. The average molecular weight is 1010 g/mol. The molecule has 0 aromatic rings. The van der Waals surface area contributed by atoms with Gasteiger partial charge in [-0.3, -0.25) is 14.4 Å².